The number of ketones is 1. The fraction of sp³-hybridized carbons (Fsp3) is 0.0435. The van der Waals surface area contributed by atoms with Crippen molar-refractivity contribution in [2.45, 2.75) is 12.8 Å². The summed E-state index contributed by atoms with van der Waals surface area (Å²) in [6, 6.07) is 32.1. The number of amides is 4. The lowest BCUT2D eigenvalue weighted by atomic mass is 10.0. The summed E-state index contributed by atoms with van der Waals surface area (Å²) in [5.41, 5.74) is 4.25. The molecule has 0 radical (unpaired) electrons. The van der Waals surface area contributed by atoms with Crippen LogP contribution in [0.5, 0.6) is 11.5 Å². The second-order valence-corrected chi connectivity index (χ2v) is 13.6. The Morgan fingerprint density at radius 3 is 1.90 bits per heavy atom. The van der Waals surface area contributed by atoms with E-state index in [-0.39, 0.29) is 46.5 Å². The first-order valence-electron chi connectivity index (χ1n) is 18.7. The van der Waals surface area contributed by atoms with Gasteiger partial charge >= 0.3 is 12.2 Å². The lowest BCUT2D eigenvalue weighted by molar-refractivity contribution is -0.137. The minimum atomic E-state index is -4.61. The first-order valence-corrected chi connectivity index (χ1v) is 18.7. The molecule has 0 unspecified atom stereocenters. The zero-order valence-corrected chi connectivity index (χ0v) is 32.5. The number of hydrogen-bond acceptors (Lipinski definition) is 11. The van der Waals surface area contributed by atoms with E-state index in [4.69, 9.17) is 4.84 Å². The number of allylic oxidation sites excluding steroid dienone is 1. The van der Waals surface area contributed by atoms with Gasteiger partial charge in [-0.2, -0.15) is 23.4 Å². The van der Waals surface area contributed by atoms with Crippen LogP contribution >= 0.6 is 0 Å². The maximum atomic E-state index is 13.0. The van der Waals surface area contributed by atoms with E-state index in [1.807, 2.05) is 6.07 Å². The molecular formula is C46H32F3N7O7. The Bertz CT molecular complexity index is 2970. The van der Waals surface area contributed by atoms with E-state index in [1.54, 1.807) is 72.8 Å². The number of azo groups is 2. The second-order valence-electron chi connectivity index (χ2n) is 13.6. The van der Waals surface area contributed by atoms with Crippen molar-refractivity contribution in [3.63, 3.8) is 0 Å². The predicted octanol–water partition coefficient (Wildman–Crippen LogP) is 11.3. The molecule has 0 aliphatic carbocycles. The number of hydroxylamine groups is 1. The number of hydrogen-bond donors (Lipinski definition) is 5. The van der Waals surface area contributed by atoms with Crippen LogP contribution in [0.3, 0.4) is 0 Å². The molecule has 63 heavy (non-hydrogen) atoms. The smallest absolute Gasteiger partial charge is 0.416 e. The van der Waals surface area contributed by atoms with Gasteiger partial charge in [0.2, 0.25) is 6.41 Å². The third kappa shape index (κ3) is 10.6. The number of nitrogens with zero attached hydrogens (tertiary/aromatic N) is 4. The van der Waals surface area contributed by atoms with Crippen LogP contribution in [-0.4, -0.2) is 34.3 Å². The highest BCUT2D eigenvalue weighted by Crippen LogP contribution is 2.38. The molecular weight excluding hydrogens is 820 g/mol. The van der Waals surface area contributed by atoms with Crippen LogP contribution in [0.15, 0.2) is 160 Å². The van der Waals surface area contributed by atoms with E-state index in [1.165, 1.54) is 48.5 Å². The van der Waals surface area contributed by atoms with Crippen molar-refractivity contribution >= 4 is 80.2 Å². The Morgan fingerprint density at radius 2 is 1.27 bits per heavy atom. The minimum absolute atomic E-state index is 0.0608. The molecule has 0 fully saturated rings. The van der Waals surface area contributed by atoms with Crippen LogP contribution in [0.25, 0.3) is 27.6 Å². The number of nitrogens with one attached hydrogen (secondary N) is 3. The molecule has 0 aromatic heterocycles. The highest BCUT2D eigenvalue weighted by molar-refractivity contribution is 6.10. The lowest BCUT2D eigenvalue weighted by Crippen LogP contribution is -2.34. The van der Waals surface area contributed by atoms with Gasteiger partial charge in [-0.1, -0.05) is 54.6 Å². The first-order chi connectivity index (χ1) is 30.3. The molecule has 314 valence electrons. The molecule has 7 rings (SSSR count). The maximum absolute atomic E-state index is 13.0. The molecule has 0 saturated heterocycles. The Balaban J connectivity index is 0.955. The predicted molar refractivity (Wildman–Crippen MR) is 228 cm³/mol. The lowest BCUT2D eigenvalue weighted by Gasteiger charge is -2.11. The third-order valence-corrected chi connectivity index (χ3v) is 9.31. The van der Waals surface area contributed by atoms with Crippen LogP contribution in [0, 0.1) is 0 Å². The summed E-state index contributed by atoms with van der Waals surface area (Å²) in [6.07, 6.45) is -1.13. The molecule has 17 heteroatoms. The van der Waals surface area contributed by atoms with Gasteiger partial charge in [0.15, 0.2) is 5.78 Å². The molecule has 0 atom stereocenters. The normalized spacial score (nSPS) is 11.7. The van der Waals surface area contributed by atoms with E-state index in [0.717, 1.165) is 29.1 Å². The summed E-state index contributed by atoms with van der Waals surface area (Å²) >= 11 is 0. The number of fused-ring (bicyclic) bond motifs is 2. The molecule has 0 heterocycles. The Labute approximate surface area is 355 Å². The van der Waals surface area contributed by atoms with Crippen molar-refractivity contribution in [3.05, 3.63) is 167 Å². The van der Waals surface area contributed by atoms with Crippen LogP contribution in [-0.2, 0) is 22.4 Å². The molecule has 0 aliphatic heterocycles. The van der Waals surface area contributed by atoms with Crippen molar-refractivity contribution in [2.24, 2.45) is 20.5 Å². The van der Waals surface area contributed by atoms with Crippen LogP contribution < -0.4 is 16.1 Å². The average Bonchev–Trinajstić information content (AvgIpc) is 3.27. The number of carbonyl (C=O) groups excluding carboxylic acids is 4. The van der Waals surface area contributed by atoms with E-state index < -0.39 is 23.7 Å². The molecule has 5 N–H and O–H groups in total. The average molecular weight is 852 g/mol. The number of phenols is 2. The quantitative estimate of drug-likeness (QED) is 0.0189. The number of halogens is 3. The monoisotopic (exact) mass is 851 g/mol. The molecule has 0 spiro atoms. The largest absolute Gasteiger partial charge is 0.506 e. The van der Waals surface area contributed by atoms with Gasteiger partial charge in [-0.25, -0.2) is 10.3 Å². The van der Waals surface area contributed by atoms with E-state index in [9.17, 15) is 42.6 Å². The Morgan fingerprint density at radius 1 is 0.667 bits per heavy atom. The van der Waals surface area contributed by atoms with Gasteiger partial charge in [-0.3, -0.25) is 24.5 Å². The van der Waals surface area contributed by atoms with Gasteiger partial charge < -0.3 is 15.5 Å². The number of carbonyl (C=O) groups is 4. The molecule has 0 aliphatic rings. The summed E-state index contributed by atoms with van der Waals surface area (Å²) in [5, 5.41) is 44.7. The van der Waals surface area contributed by atoms with Crippen molar-refractivity contribution < 1.29 is 47.4 Å². The summed E-state index contributed by atoms with van der Waals surface area (Å²) in [4.78, 5) is 53.6. The summed E-state index contributed by atoms with van der Waals surface area (Å²) < 4.78 is 39.1. The molecule has 0 saturated carbocycles. The second kappa shape index (κ2) is 18.8. The third-order valence-electron chi connectivity index (χ3n) is 9.31. The molecule has 4 amide bonds. The highest BCUT2D eigenvalue weighted by Gasteiger charge is 2.30. The molecule has 0 bridgehead atoms. The van der Waals surface area contributed by atoms with Crippen molar-refractivity contribution in [3.8, 4) is 11.5 Å². The number of phenolic OH excluding ortho intramolecular Hbond substituents is 2. The number of urea groups is 1. The van der Waals surface area contributed by atoms with Gasteiger partial charge in [0.1, 0.15) is 22.9 Å². The Hall–Kier alpha value is -8.57. The summed E-state index contributed by atoms with van der Waals surface area (Å²) in [6.45, 7) is 0.153. The number of benzene rings is 7. The fourth-order valence-electron chi connectivity index (χ4n) is 6.19. The number of imide groups is 1. The Kier molecular flexibility index (Phi) is 12.7. The van der Waals surface area contributed by atoms with Gasteiger partial charge in [0.25, 0.3) is 5.91 Å². The van der Waals surface area contributed by atoms with Crippen molar-refractivity contribution in [1.29, 1.82) is 0 Å². The molecule has 14 nitrogen and oxygen atoms in total. The van der Waals surface area contributed by atoms with E-state index in [0.29, 0.717) is 45.1 Å². The van der Waals surface area contributed by atoms with Crippen molar-refractivity contribution in [2.75, 3.05) is 5.32 Å². The number of rotatable bonds is 13. The molecule has 7 aromatic rings. The summed E-state index contributed by atoms with van der Waals surface area (Å²) in [5.74, 6) is -1.33. The molecule has 7 aromatic carbocycles. The van der Waals surface area contributed by atoms with Crippen molar-refractivity contribution in [1.82, 2.24) is 10.8 Å². The zero-order chi connectivity index (χ0) is 44.5. The van der Waals surface area contributed by atoms with Gasteiger partial charge in [-0.05, 0) is 113 Å². The first kappa shape index (κ1) is 42.6. The zero-order valence-electron chi connectivity index (χ0n) is 32.5. The standard InChI is InChI=1S/C46H32F3N7O7/c47-46(48,49)33-2-1-3-36(24-33)51-45(62)52-44(61)32-10-18-38-31(23-32)12-21-41(60)43(38)56-53-34-13-4-27(5-14-34)7-19-39(58)29-8-15-35(16-9-29)54-55-42-37-17-6-28(25-63-50-26-57)22-30(37)11-20-40(42)59/h1-24,26,59-60H,25H2,(H,50,57)(H2,51,52,61,62). The summed E-state index contributed by atoms with van der Waals surface area (Å²) in [7, 11) is 0. The fourth-order valence-corrected chi connectivity index (χ4v) is 6.19. The number of alkyl halides is 3. The maximum Gasteiger partial charge on any atom is 0.416 e. The van der Waals surface area contributed by atoms with E-state index >= 15 is 0 Å². The van der Waals surface area contributed by atoms with Gasteiger partial charge in [-0.15, -0.1) is 10.2 Å². The SMILES string of the molecule is O=CNOCc1ccc2c(N=Nc3ccc(C(=O)C=Cc4ccc(N=Nc5c(O)ccc6cc(C(=O)NC(=O)Nc7cccc(C(F)(F)F)c7)ccc56)cc4)cc3)c(O)ccc2c1. The van der Waals surface area contributed by atoms with Crippen LogP contribution in [0.1, 0.15) is 37.4 Å². The minimum Gasteiger partial charge on any atom is -0.506 e. The number of aromatic hydroxyl groups is 2. The van der Waals surface area contributed by atoms with Crippen LogP contribution in [0.4, 0.5) is 46.4 Å². The van der Waals surface area contributed by atoms with E-state index in [2.05, 4.69) is 36.6 Å². The van der Waals surface area contributed by atoms with Gasteiger partial charge in [0.05, 0.1) is 23.5 Å². The topological polar surface area (TPSA) is 204 Å². The highest BCUT2D eigenvalue weighted by atomic mass is 19.4. The number of anilines is 1. The van der Waals surface area contributed by atoms with Gasteiger partial charge in [0, 0.05) is 27.6 Å². The van der Waals surface area contributed by atoms with Crippen LogP contribution in [0.2, 0.25) is 0 Å².